The first-order valence-electron chi connectivity index (χ1n) is 7.62. The summed E-state index contributed by atoms with van der Waals surface area (Å²) in [5.41, 5.74) is 0.494. The molecule has 1 aromatic rings. The van der Waals surface area contributed by atoms with Crippen molar-refractivity contribution in [3.8, 4) is 0 Å². The molecule has 0 aliphatic carbocycles. The largest absolute Gasteiger partial charge is 0.359 e. The van der Waals surface area contributed by atoms with Crippen molar-refractivity contribution in [2.45, 2.75) is 31.1 Å². The first kappa shape index (κ1) is 17.5. The van der Waals surface area contributed by atoms with Crippen molar-refractivity contribution < 1.29 is 14.2 Å². The lowest BCUT2D eigenvalue weighted by Gasteiger charge is -2.37. The van der Waals surface area contributed by atoms with Gasteiger partial charge in [0.15, 0.2) is 0 Å². The van der Waals surface area contributed by atoms with Crippen LogP contribution < -0.4 is 16.5 Å². The number of nitrogens with zero attached hydrogens (tertiary/aromatic N) is 1. The summed E-state index contributed by atoms with van der Waals surface area (Å²) in [4.78, 5) is 24.9. The van der Waals surface area contributed by atoms with E-state index in [2.05, 4.69) is 10.6 Å². The summed E-state index contributed by atoms with van der Waals surface area (Å²) in [5.74, 6) is 4.95. The van der Waals surface area contributed by atoms with Gasteiger partial charge in [-0.25, -0.2) is 5.84 Å². The van der Waals surface area contributed by atoms with Gasteiger partial charge in [0.25, 0.3) is 5.91 Å². The predicted molar refractivity (Wildman–Crippen MR) is 88.2 cm³/mol. The number of hydrogen-bond acceptors (Lipinski definition) is 5. The molecule has 1 fully saturated rings. The highest BCUT2D eigenvalue weighted by Gasteiger charge is 2.58. The molecule has 1 aliphatic heterocycles. The summed E-state index contributed by atoms with van der Waals surface area (Å²) in [6.07, 6.45) is 1.20. The van der Waals surface area contributed by atoms with Crippen LogP contribution in [0.5, 0.6) is 0 Å². The number of nitrogens with two attached hydrogens (primary N) is 1. The van der Waals surface area contributed by atoms with Gasteiger partial charge in [0.2, 0.25) is 0 Å². The van der Waals surface area contributed by atoms with Crippen molar-refractivity contribution in [2.75, 3.05) is 13.1 Å². The molecular formula is C15H22N4O3P+. The molecule has 1 aliphatic rings. The molecule has 1 heterocycles. The zero-order chi connectivity index (χ0) is 16.9. The molecule has 23 heavy (non-hydrogen) atoms. The predicted octanol–water partition coefficient (Wildman–Crippen LogP) is 0.611. The van der Waals surface area contributed by atoms with Gasteiger partial charge in [-0.2, -0.15) is 0 Å². The maximum Gasteiger partial charge on any atom is 0.359 e. The lowest BCUT2D eigenvalue weighted by molar-refractivity contribution is -0.139. The zero-order valence-corrected chi connectivity index (χ0v) is 14.0. The molecule has 1 aromatic carbocycles. The summed E-state index contributed by atoms with van der Waals surface area (Å²) in [7, 11) is -0.956. The quantitative estimate of drug-likeness (QED) is 0.401. The van der Waals surface area contributed by atoms with Crippen LogP contribution in [0, 0.1) is 0 Å². The molecule has 8 heteroatoms. The van der Waals surface area contributed by atoms with Crippen LogP contribution in [-0.2, 0) is 9.36 Å². The van der Waals surface area contributed by atoms with Crippen LogP contribution in [0.4, 0.5) is 0 Å². The van der Waals surface area contributed by atoms with Crippen molar-refractivity contribution in [1.82, 2.24) is 15.6 Å². The van der Waals surface area contributed by atoms with Crippen LogP contribution in [0.2, 0.25) is 0 Å². The molecular weight excluding hydrogens is 315 g/mol. The molecule has 0 aromatic heterocycles. The fourth-order valence-electron chi connectivity index (χ4n) is 2.65. The van der Waals surface area contributed by atoms with E-state index in [0.29, 0.717) is 25.1 Å². The van der Waals surface area contributed by atoms with Gasteiger partial charge < -0.3 is 5.32 Å². The van der Waals surface area contributed by atoms with Crippen LogP contribution in [0.15, 0.2) is 30.3 Å². The molecule has 2 unspecified atom stereocenters. The number of rotatable bonds is 6. The molecule has 3 atom stereocenters. The normalized spacial score (nSPS) is 24.7. The average Bonchev–Trinajstić information content (AvgIpc) is 2.59. The van der Waals surface area contributed by atoms with E-state index >= 15 is 0 Å². The minimum absolute atomic E-state index is 0.296. The topological polar surface area (TPSA) is 105 Å². The maximum absolute atomic E-state index is 12.5. The van der Waals surface area contributed by atoms with Gasteiger partial charge in [-0.15, -0.1) is 0 Å². The number of carbonyl (C=O) groups is 2. The van der Waals surface area contributed by atoms with E-state index in [0.717, 1.165) is 11.4 Å². The summed E-state index contributed by atoms with van der Waals surface area (Å²) in [5, 5.41) is 5.58. The summed E-state index contributed by atoms with van der Waals surface area (Å²) in [6.45, 7) is 2.75. The first-order valence-corrected chi connectivity index (χ1v) is 8.53. The Hall–Kier alpha value is -1.82. The third kappa shape index (κ3) is 3.58. The van der Waals surface area contributed by atoms with Gasteiger partial charge in [0.1, 0.15) is 6.04 Å². The molecule has 0 saturated carbocycles. The molecule has 2 rings (SSSR count). The molecule has 0 radical (unpaired) electrons. The number of hydrazine groups is 1. The second kappa shape index (κ2) is 7.64. The molecule has 1 saturated heterocycles. The second-order valence-electron chi connectivity index (χ2n) is 5.52. The van der Waals surface area contributed by atoms with Crippen LogP contribution in [0.1, 0.15) is 30.1 Å². The van der Waals surface area contributed by atoms with Gasteiger partial charge in [-0.05, 0) is 31.5 Å². The Labute approximate surface area is 136 Å². The van der Waals surface area contributed by atoms with Crippen molar-refractivity contribution in [3.63, 3.8) is 0 Å². The van der Waals surface area contributed by atoms with Crippen LogP contribution in [0.3, 0.4) is 0 Å². The average molecular weight is 337 g/mol. The maximum atomic E-state index is 12.5. The van der Waals surface area contributed by atoms with Gasteiger partial charge in [-0.1, -0.05) is 29.7 Å². The Morgan fingerprint density at radius 3 is 2.74 bits per heavy atom. The van der Waals surface area contributed by atoms with E-state index in [1.54, 1.807) is 24.3 Å². The van der Waals surface area contributed by atoms with E-state index < -0.39 is 25.7 Å². The summed E-state index contributed by atoms with van der Waals surface area (Å²) >= 11 is 0. The number of nitrogens with one attached hydrogen (secondary N) is 2. The summed E-state index contributed by atoms with van der Waals surface area (Å²) < 4.78 is 11.9. The second-order valence-corrected chi connectivity index (χ2v) is 6.51. The first-order chi connectivity index (χ1) is 11.0. The van der Waals surface area contributed by atoms with Crippen LogP contribution in [-0.4, -0.2) is 41.2 Å². The Kier molecular flexibility index (Phi) is 5.82. The molecule has 124 valence electrons. The fraction of sp³-hybridized carbons (Fsp3) is 0.467. The zero-order valence-electron chi connectivity index (χ0n) is 13.0. The van der Waals surface area contributed by atoms with Crippen molar-refractivity contribution >= 4 is 20.3 Å². The Balaban J connectivity index is 2.24. The van der Waals surface area contributed by atoms with Gasteiger partial charge in [0.05, 0.1) is 0 Å². The van der Waals surface area contributed by atoms with E-state index in [4.69, 9.17) is 5.84 Å². The van der Waals surface area contributed by atoms with E-state index in [-0.39, 0.29) is 5.91 Å². The lowest BCUT2D eigenvalue weighted by atomic mass is 9.97. The third-order valence-electron chi connectivity index (χ3n) is 3.94. The molecule has 2 amide bonds. The standard InChI is InChI=1S/C15H21N4O3P/c1-2-9-17-15(23-22)12(8-10-19(16)14(15)21)18-13(20)11-6-4-3-5-7-11/h3-7,12,17H,2,8-10,16H2,1H3,(H,18,20)/p+1/t12?,15-/m0/s1. The third-order valence-corrected chi connectivity index (χ3v) is 5.00. The Bertz CT molecular complexity index is 583. The molecule has 4 N–H and O–H groups in total. The van der Waals surface area contributed by atoms with E-state index in [1.165, 1.54) is 0 Å². The highest BCUT2D eigenvalue weighted by atomic mass is 31.1. The van der Waals surface area contributed by atoms with Crippen LogP contribution >= 0.6 is 8.46 Å². The fourth-order valence-corrected chi connectivity index (χ4v) is 3.43. The SMILES string of the molecule is CCCN[C@@]1([PH+]=O)C(=O)N(N)CCC1NC(=O)c1ccccc1. The number of piperidine rings is 1. The number of hydrogen-bond donors (Lipinski definition) is 3. The molecule has 0 spiro atoms. The highest BCUT2D eigenvalue weighted by molar-refractivity contribution is 7.28. The minimum Gasteiger partial charge on any atom is -0.342 e. The van der Waals surface area contributed by atoms with Gasteiger partial charge >= 0.3 is 19.6 Å². The molecule has 7 nitrogen and oxygen atoms in total. The Morgan fingerprint density at radius 1 is 1.43 bits per heavy atom. The van der Waals surface area contributed by atoms with Crippen molar-refractivity contribution in [3.05, 3.63) is 35.9 Å². The van der Waals surface area contributed by atoms with E-state index in [9.17, 15) is 14.2 Å². The van der Waals surface area contributed by atoms with Gasteiger partial charge in [-0.3, -0.25) is 19.9 Å². The minimum atomic E-state index is -1.37. The van der Waals surface area contributed by atoms with Crippen molar-refractivity contribution in [1.29, 1.82) is 0 Å². The number of benzene rings is 1. The van der Waals surface area contributed by atoms with E-state index in [1.807, 2.05) is 13.0 Å². The molecule has 0 bridgehead atoms. The smallest absolute Gasteiger partial charge is 0.342 e. The monoisotopic (exact) mass is 337 g/mol. The number of carbonyl (C=O) groups excluding carboxylic acids is 2. The van der Waals surface area contributed by atoms with Crippen LogP contribution in [0.25, 0.3) is 0 Å². The van der Waals surface area contributed by atoms with Gasteiger partial charge in [0, 0.05) is 12.1 Å². The number of amides is 2. The Morgan fingerprint density at radius 2 is 2.13 bits per heavy atom. The lowest BCUT2D eigenvalue weighted by Crippen LogP contribution is -2.70. The highest BCUT2D eigenvalue weighted by Crippen LogP contribution is 2.32. The summed E-state index contributed by atoms with van der Waals surface area (Å²) in [6, 6.07) is 8.15. The van der Waals surface area contributed by atoms with Crippen molar-refractivity contribution in [2.24, 2.45) is 5.84 Å².